The average Bonchev–Trinajstić information content (AvgIpc) is 2.60. The molecule has 0 unspecified atom stereocenters. The maximum absolute atomic E-state index is 6.12. The topological polar surface area (TPSA) is 59.1 Å². The van der Waals surface area contributed by atoms with Crippen LogP contribution in [0.5, 0.6) is 0 Å². The number of hydrogen-bond donors (Lipinski definition) is 2. The van der Waals surface area contributed by atoms with Crippen molar-refractivity contribution in [3.05, 3.63) is 5.69 Å². The highest BCUT2D eigenvalue weighted by molar-refractivity contribution is 5.65. The second kappa shape index (κ2) is 5.61. The van der Waals surface area contributed by atoms with Gasteiger partial charge in [0.1, 0.15) is 5.82 Å². The standard InChI is InChI=1S/C13H25N5/c1-4-7-18-13(12(14)10(2)16-18)15-11-5-8-17(3)9-6-11/h11,15H,4-9,14H2,1-3H3. The lowest BCUT2D eigenvalue weighted by atomic mass is 10.1. The molecule has 102 valence electrons. The summed E-state index contributed by atoms with van der Waals surface area (Å²) in [6, 6.07) is 0.523. The zero-order chi connectivity index (χ0) is 13.1. The van der Waals surface area contributed by atoms with E-state index in [4.69, 9.17) is 5.73 Å². The molecule has 0 atom stereocenters. The Bertz CT molecular complexity index is 390. The number of piperidine rings is 1. The number of nitrogens with two attached hydrogens (primary N) is 1. The fraction of sp³-hybridized carbons (Fsp3) is 0.769. The lowest BCUT2D eigenvalue weighted by molar-refractivity contribution is 0.263. The zero-order valence-corrected chi connectivity index (χ0v) is 11.7. The lowest BCUT2D eigenvalue weighted by Gasteiger charge is -2.30. The van der Waals surface area contributed by atoms with Crippen molar-refractivity contribution in [3.63, 3.8) is 0 Å². The van der Waals surface area contributed by atoms with Crippen LogP contribution >= 0.6 is 0 Å². The van der Waals surface area contributed by atoms with Gasteiger partial charge in [-0.15, -0.1) is 0 Å². The minimum Gasteiger partial charge on any atom is -0.394 e. The van der Waals surface area contributed by atoms with Gasteiger partial charge in [0.05, 0.1) is 11.4 Å². The molecule has 0 amide bonds. The minimum absolute atomic E-state index is 0.523. The molecule has 1 aromatic rings. The summed E-state index contributed by atoms with van der Waals surface area (Å²) in [4.78, 5) is 2.37. The molecule has 1 aromatic heterocycles. The third-order valence-electron chi connectivity index (χ3n) is 3.67. The van der Waals surface area contributed by atoms with Gasteiger partial charge in [0.25, 0.3) is 0 Å². The van der Waals surface area contributed by atoms with Crippen molar-refractivity contribution in [2.24, 2.45) is 0 Å². The summed E-state index contributed by atoms with van der Waals surface area (Å²) < 4.78 is 2.02. The summed E-state index contributed by atoms with van der Waals surface area (Å²) in [5.41, 5.74) is 7.86. The molecule has 5 heteroatoms. The summed E-state index contributed by atoms with van der Waals surface area (Å²) in [6.07, 6.45) is 3.42. The first kappa shape index (κ1) is 13.2. The predicted molar refractivity (Wildman–Crippen MR) is 75.8 cm³/mol. The minimum atomic E-state index is 0.523. The Labute approximate surface area is 109 Å². The van der Waals surface area contributed by atoms with Crippen molar-refractivity contribution in [2.45, 2.75) is 45.7 Å². The first-order valence-electron chi connectivity index (χ1n) is 6.89. The van der Waals surface area contributed by atoms with E-state index in [1.807, 2.05) is 11.6 Å². The van der Waals surface area contributed by atoms with Crippen LogP contribution in [0.1, 0.15) is 31.9 Å². The second-order valence-corrected chi connectivity index (χ2v) is 5.29. The van der Waals surface area contributed by atoms with Gasteiger partial charge in [-0.2, -0.15) is 5.10 Å². The van der Waals surface area contributed by atoms with E-state index in [0.717, 1.165) is 43.3 Å². The molecule has 0 spiro atoms. The Morgan fingerprint density at radius 1 is 1.39 bits per heavy atom. The SMILES string of the molecule is CCCn1nc(C)c(N)c1NC1CCN(C)CC1. The van der Waals surface area contributed by atoms with Crippen molar-refractivity contribution in [3.8, 4) is 0 Å². The Hall–Kier alpha value is -1.23. The van der Waals surface area contributed by atoms with Gasteiger partial charge in [-0.05, 0) is 46.3 Å². The number of aromatic nitrogens is 2. The molecule has 0 saturated carbocycles. The molecule has 3 N–H and O–H groups in total. The van der Waals surface area contributed by atoms with Crippen molar-refractivity contribution < 1.29 is 0 Å². The summed E-state index contributed by atoms with van der Waals surface area (Å²) in [7, 11) is 2.18. The fourth-order valence-electron chi connectivity index (χ4n) is 2.47. The van der Waals surface area contributed by atoms with Gasteiger partial charge in [-0.1, -0.05) is 6.92 Å². The third kappa shape index (κ3) is 2.77. The zero-order valence-electron chi connectivity index (χ0n) is 11.7. The van der Waals surface area contributed by atoms with Crippen LogP contribution in [0, 0.1) is 6.92 Å². The van der Waals surface area contributed by atoms with Crippen LogP contribution < -0.4 is 11.1 Å². The number of nitrogens with zero attached hydrogens (tertiary/aromatic N) is 3. The van der Waals surface area contributed by atoms with Crippen molar-refractivity contribution in [2.75, 3.05) is 31.2 Å². The fourth-order valence-corrected chi connectivity index (χ4v) is 2.47. The number of nitrogen functional groups attached to an aromatic ring is 1. The third-order valence-corrected chi connectivity index (χ3v) is 3.67. The number of likely N-dealkylation sites (tertiary alicyclic amines) is 1. The molecule has 0 bridgehead atoms. The van der Waals surface area contributed by atoms with E-state index in [-0.39, 0.29) is 0 Å². The van der Waals surface area contributed by atoms with Gasteiger partial charge in [0.15, 0.2) is 0 Å². The molecule has 1 fully saturated rings. The summed E-state index contributed by atoms with van der Waals surface area (Å²) in [6.45, 7) is 7.36. The van der Waals surface area contributed by atoms with Gasteiger partial charge in [-0.3, -0.25) is 0 Å². The Balaban J connectivity index is 2.07. The highest BCUT2D eigenvalue weighted by Gasteiger charge is 2.20. The normalized spacial score (nSPS) is 18.2. The molecule has 18 heavy (non-hydrogen) atoms. The van der Waals surface area contributed by atoms with E-state index in [9.17, 15) is 0 Å². The Morgan fingerprint density at radius 3 is 2.67 bits per heavy atom. The van der Waals surface area contributed by atoms with E-state index in [1.165, 1.54) is 12.8 Å². The Morgan fingerprint density at radius 2 is 2.06 bits per heavy atom. The van der Waals surface area contributed by atoms with Gasteiger partial charge in [0.2, 0.25) is 0 Å². The highest BCUT2D eigenvalue weighted by atomic mass is 15.3. The monoisotopic (exact) mass is 251 g/mol. The molecule has 0 radical (unpaired) electrons. The number of rotatable bonds is 4. The van der Waals surface area contributed by atoms with Crippen LogP contribution in [0.2, 0.25) is 0 Å². The van der Waals surface area contributed by atoms with Crippen molar-refractivity contribution in [1.29, 1.82) is 0 Å². The van der Waals surface area contributed by atoms with Crippen LogP contribution in [-0.2, 0) is 6.54 Å². The maximum Gasteiger partial charge on any atom is 0.148 e. The first-order chi connectivity index (χ1) is 8.61. The first-order valence-corrected chi connectivity index (χ1v) is 6.89. The van der Waals surface area contributed by atoms with Crippen LogP contribution in [-0.4, -0.2) is 40.9 Å². The quantitative estimate of drug-likeness (QED) is 0.855. The van der Waals surface area contributed by atoms with Crippen LogP contribution in [0.15, 0.2) is 0 Å². The molecule has 5 nitrogen and oxygen atoms in total. The van der Waals surface area contributed by atoms with Gasteiger partial charge < -0.3 is 16.0 Å². The van der Waals surface area contributed by atoms with Gasteiger partial charge in [-0.25, -0.2) is 4.68 Å². The number of hydrogen-bond acceptors (Lipinski definition) is 4. The Kier molecular flexibility index (Phi) is 4.11. The number of anilines is 2. The van der Waals surface area contributed by atoms with E-state index in [1.54, 1.807) is 0 Å². The smallest absolute Gasteiger partial charge is 0.148 e. The summed E-state index contributed by atoms with van der Waals surface area (Å²) in [5, 5.41) is 8.09. The molecule has 0 aliphatic carbocycles. The lowest BCUT2D eigenvalue weighted by Crippen LogP contribution is -2.37. The molecule has 1 saturated heterocycles. The maximum atomic E-state index is 6.12. The van der Waals surface area contributed by atoms with Crippen LogP contribution in [0.3, 0.4) is 0 Å². The summed E-state index contributed by atoms with van der Waals surface area (Å²) >= 11 is 0. The van der Waals surface area contributed by atoms with Crippen molar-refractivity contribution in [1.82, 2.24) is 14.7 Å². The highest BCUT2D eigenvalue weighted by Crippen LogP contribution is 2.25. The average molecular weight is 251 g/mol. The van der Waals surface area contributed by atoms with Gasteiger partial charge in [0, 0.05) is 12.6 Å². The molecule has 1 aliphatic heterocycles. The van der Waals surface area contributed by atoms with Gasteiger partial charge >= 0.3 is 0 Å². The molecule has 2 rings (SSSR count). The molecular weight excluding hydrogens is 226 g/mol. The van der Waals surface area contributed by atoms with E-state index in [0.29, 0.717) is 6.04 Å². The van der Waals surface area contributed by atoms with E-state index in [2.05, 4.69) is 29.3 Å². The van der Waals surface area contributed by atoms with Crippen LogP contribution in [0.4, 0.5) is 11.5 Å². The second-order valence-electron chi connectivity index (χ2n) is 5.29. The largest absolute Gasteiger partial charge is 0.394 e. The molecule has 2 heterocycles. The molecule has 1 aliphatic rings. The number of aryl methyl sites for hydroxylation is 2. The van der Waals surface area contributed by atoms with Crippen LogP contribution in [0.25, 0.3) is 0 Å². The molecule has 0 aromatic carbocycles. The van der Waals surface area contributed by atoms with Crippen molar-refractivity contribution >= 4 is 11.5 Å². The summed E-state index contributed by atoms with van der Waals surface area (Å²) in [5.74, 6) is 1.02. The van der Waals surface area contributed by atoms with E-state index >= 15 is 0 Å². The van der Waals surface area contributed by atoms with E-state index < -0.39 is 0 Å². The molecular formula is C13H25N5. The predicted octanol–water partition coefficient (Wildman–Crippen LogP) is 1.69. The number of nitrogens with one attached hydrogen (secondary N) is 1.